The van der Waals surface area contributed by atoms with E-state index in [9.17, 15) is 0 Å². The molecule has 0 atom stereocenters. The van der Waals surface area contributed by atoms with Gasteiger partial charge in [-0.05, 0) is 22.9 Å². The summed E-state index contributed by atoms with van der Waals surface area (Å²) in [5, 5.41) is 8.24. The first kappa shape index (κ1) is 12.5. The van der Waals surface area contributed by atoms with Gasteiger partial charge in [0.15, 0.2) is 5.82 Å². The van der Waals surface area contributed by atoms with Crippen molar-refractivity contribution in [1.82, 2.24) is 9.97 Å². The van der Waals surface area contributed by atoms with Crippen molar-refractivity contribution in [2.45, 2.75) is 13.2 Å². The van der Waals surface area contributed by atoms with Crippen LogP contribution in [0.4, 0.5) is 5.82 Å². The first-order valence-corrected chi connectivity index (χ1v) is 7.65. The molecule has 98 valence electrons. The van der Waals surface area contributed by atoms with E-state index in [1.807, 2.05) is 29.9 Å². The topological polar surface area (TPSA) is 47.0 Å². The second kappa shape index (κ2) is 5.64. The van der Waals surface area contributed by atoms with E-state index in [0.717, 1.165) is 21.9 Å². The molecule has 3 aromatic rings. The van der Waals surface area contributed by atoms with Gasteiger partial charge >= 0.3 is 0 Å². The Morgan fingerprint density at radius 3 is 2.89 bits per heavy atom. The molecular formula is C13H13N3OS2. The molecule has 0 amide bonds. The zero-order chi connectivity index (χ0) is 13.1. The van der Waals surface area contributed by atoms with Crippen molar-refractivity contribution in [2.75, 3.05) is 12.4 Å². The Kier molecular flexibility index (Phi) is 3.72. The van der Waals surface area contributed by atoms with E-state index in [-0.39, 0.29) is 0 Å². The highest BCUT2D eigenvalue weighted by Crippen LogP contribution is 2.24. The fraction of sp³-hybridized carbons (Fsp3) is 0.231. The Balaban J connectivity index is 1.73. The summed E-state index contributed by atoms with van der Waals surface area (Å²) in [7, 11) is 1.87. The molecule has 0 radical (unpaired) electrons. The van der Waals surface area contributed by atoms with E-state index in [2.05, 4.69) is 21.4 Å². The number of hydrogen-bond donors (Lipinski definition) is 1. The number of rotatable bonds is 5. The highest BCUT2D eigenvalue weighted by Gasteiger charge is 2.07. The molecule has 0 fully saturated rings. The number of nitrogens with one attached hydrogen (secondary N) is 1. The lowest BCUT2D eigenvalue weighted by Gasteiger charge is -2.05. The molecule has 3 aromatic heterocycles. The van der Waals surface area contributed by atoms with E-state index >= 15 is 0 Å². The van der Waals surface area contributed by atoms with Crippen LogP contribution in [0, 0.1) is 0 Å². The third-order valence-corrected chi connectivity index (χ3v) is 4.32. The van der Waals surface area contributed by atoms with Crippen LogP contribution >= 0.6 is 22.7 Å². The number of nitrogens with zero attached hydrogens (tertiary/aromatic N) is 2. The largest absolute Gasteiger partial charge is 0.372 e. The van der Waals surface area contributed by atoms with Gasteiger partial charge in [-0.3, -0.25) is 0 Å². The minimum atomic E-state index is 0.431. The average Bonchev–Trinajstić information content (AvgIpc) is 3.08. The van der Waals surface area contributed by atoms with E-state index < -0.39 is 0 Å². The quantitative estimate of drug-likeness (QED) is 0.781. The molecule has 0 aromatic carbocycles. The molecule has 0 aliphatic carbocycles. The molecule has 0 unspecified atom stereocenters. The maximum Gasteiger partial charge on any atom is 0.158 e. The van der Waals surface area contributed by atoms with Crippen LogP contribution in [0.5, 0.6) is 0 Å². The summed E-state index contributed by atoms with van der Waals surface area (Å²) in [6.45, 7) is 1.04. The fourth-order valence-electron chi connectivity index (χ4n) is 1.79. The summed E-state index contributed by atoms with van der Waals surface area (Å²) in [6, 6.07) is 6.12. The predicted molar refractivity (Wildman–Crippen MR) is 79.8 cm³/mol. The summed E-state index contributed by atoms with van der Waals surface area (Å²) in [6.07, 6.45) is 0. The number of anilines is 1. The molecule has 3 heterocycles. The molecular weight excluding hydrogens is 278 g/mol. The Labute approximate surface area is 119 Å². The lowest BCUT2D eigenvalue weighted by molar-refractivity contribution is 0.104. The number of thiophene rings is 2. The van der Waals surface area contributed by atoms with Crippen LogP contribution < -0.4 is 5.32 Å². The number of hydrogen-bond acceptors (Lipinski definition) is 6. The Morgan fingerprint density at radius 1 is 1.16 bits per heavy atom. The zero-order valence-corrected chi connectivity index (χ0v) is 12.1. The molecule has 1 N–H and O–H groups in total. The molecule has 6 heteroatoms. The summed E-state index contributed by atoms with van der Waals surface area (Å²) < 4.78 is 5.65. The van der Waals surface area contributed by atoms with Gasteiger partial charge in [0.05, 0.1) is 12.0 Å². The lowest BCUT2D eigenvalue weighted by Crippen LogP contribution is -2.02. The van der Waals surface area contributed by atoms with Crippen LogP contribution in [0.15, 0.2) is 29.0 Å². The maximum atomic E-state index is 5.65. The van der Waals surface area contributed by atoms with E-state index in [1.54, 1.807) is 22.7 Å². The highest BCUT2D eigenvalue weighted by atomic mass is 32.1. The van der Waals surface area contributed by atoms with Gasteiger partial charge in [0, 0.05) is 11.9 Å². The predicted octanol–water partition coefficient (Wildman–Crippen LogP) is 3.51. The lowest BCUT2D eigenvalue weighted by atomic mass is 10.4. The molecule has 4 nitrogen and oxygen atoms in total. The molecule has 0 bridgehead atoms. The van der Waals surface area contributed by atoms with Crippen LogP contribution in [0.3, 0.4) is 0 Å². The Bertz CT molecular complexity index is 664. The van der Waals surface area contributed by atoms with Gasteiger partial charge in [0.1, 0.15) is 17.3 Å². The Hall–Kier alpha value is -1.50. The molecule has 19 heavy (non-hydrogen) atoms. The van der Waals surface area contributed by atoms with Gasteiger partial charge in [0.2, 0.25) is 0 Å². The Morgan fingerprint density at radius 2 is 2.11 bits per heavy atom. The highest BCUT2D eigenvalue weighted by molar-refractivity contribution is 7.16. The van der Waals surface area contributed by atoms with Gasteiger partial charge in [-0.2, -0.15) is 0 Å². The molecule has 0 saturated carbocycles. The zero-order valence-electron chi connectivity index (χ0n) is 10.4. The van der Waals surface area contributed by atoms with Crippen LogP contribution in [-0.2, 0) is 18.0 Å². The van der Waals surface area contributed by atoms with Crippen molar-refractivity contribution in [3.05, 3.63) is 39.7 Å². The van der Waals surface area contributed by atoms with Gasteiger partial charge in [-0.25, -0.2) is 9.97 Å². The van der Waals surface area contributed by atoms with Crippen molar-refractivity contribution in [3.63, 3.8) is 0 Å². The second-order valence-electron chi connectivity index (χ2n) is 3.95. The third-order valence-electron chi connectivity index (χ3n) is 2.66. The monoisotopic (exact) mass is 291 g/mol. The van der Waals surface area contributed by atoms with Crippen LogP contribution in [0.25, 0.3) is 10.2 Å². The van der Waals surface area contributed by atoms with Gasteiger partial charge < -0.3 is 10.1 Å². The second-order valence-corrected chi connectivity index (χ2v) is 5.88. The molecule has 0 saturated heterocycles. The van der Waals surface area contributed by atoms with E-state index in [1.165, 1.54) is 4.88 Å². The molecule has 0 aliphatic rings. The molecule has 0 aliphatic heterocycles. The minimum absolute atomic E-state index is 0.431. The standard InChI is InChI=1S/C13H13N3OS2/c1-14-12-10-4-6-19-13(10)16-11(15-12)8-17-7-9-3-2-5-18-9/h2-6H,7-8H2,1H3,(H,14,15,16). The number of ether oxygens (including phenoxy) is 1. The van der Waals surface area contributed by atoms with Crippen molar-refractivity contribution < 1.29 is 4.74 Å². The van der Waals surface area contributed by atoms with Crippen LogP contribution in [0.1, 0.15) is 10.7 Å². The number of fused-ring (bicyclic) bond motifs is 1. The van der Waals surface area contributed by atoms with Crippen LogP contribution in [0.2, 0.25) is 0 Å². The van der Waals surface area contributed by atoms with Crippen molar-refractivity contribution in [1.29, 1.82) is 0 Å². The first-order valence-electron chi connectivity index (χ1n) is 5.89. The van der Waals surface area contributed by atoms with Gasteiger partial charge in [-0.15, -0.1) is 22.7 Å². The third kappa shape index (κ3) is 2.75. The smallest absolute Gasteiger partial charge is 0.158 e. The summed E-state index contributed by atoms with van der Waals surface area (Å²) in [4.78, 5) is 11.2. The molecule has 3 rings (SSSR count). The molecule has 0 spiro atoms. The van der Waals surface area contributed by atoms with Gasteiger partial charge in [-0.1, -0.05) is 6.07 Å². The van der Waals surface area contributed by atoms with Crippen molar-refractivity contribution in [2.24, 2.45) is 0 Å². The van der Waals surface area contributed by atoms with Crippen molar-refractivity contribution >= 4 is 38.7 Å². The first-order chi connectivity index (χ1) is 9.36. The maximum absolute atomic E-state index is 5.65. The summed E-state index contributed by atoms with van der Waals surface area (Å²) in [5.74, 6) is 1.58. The summed E-state index contributed by atoms with van der Waals surface area (Å²) in [5.41, 5.74) is 0. The average molecular weight is 291 g/mol. The fourth-order valence-corrected chi connectivity index (χ4v) is 3.22. The SMILES string of the molecule is CNc1nc(COCc2cccs2)nc2sccc12. The van der Waals surface area contributed by atoms with E-state index in [0.29, 0.717) is 13.2 Å². The van der Waals surface area contributed by atoms with Crippen LogP contribution in [-0.4, -0.2) is 17.0 Å². The van der Waals surface area contributed by atoms with Crippen molar-refractivity contribution in [3.8, 4) is 0 Å². The van der Waals surface area contributed by atoms with E-state index in [4.69, 9.17) is 4.74 Å². The minimum Gasteiger partial charge on any atom is -0.372 e. The summed E-state index contributed by atoms with van der Waals surface area (Å²) >= 11 is 3.31. The van der Waals surface area contributed by atoms with Gasteiger partial charge in [0.25, 0.3) is 0 Å². The number of aromatic nitrogens is 2. The normalized spacial score (nSPS) is 11.0.